The van der Waals surface area contributed by atoms with Crippen molar-refractivity contribution in [3.63, 3.8) is 0 Å². The topological polar surface area (TPSA) is 17.1 Å². The molecule has 2 rings (SSSR count). The molecular formula is C14H7BrF3IO. The summed E-state index contributed by atoms with van der Waals surface area (Å²) >= 11 is 5.20. The molecular weight excluding hydrogens is 448 g/mol. The predicted molar refractivity (Wildman–Crippen MR) is 81.7 cm³/mol. The third kappa shape index (κ3) is 3.22. The largest absolute Gasteiger partial charge is 0.417 e. The van der Waals surface area contributed by atoms with Gasteiger partial charge in [0.25, 0.3) is 0 Å². The second-order valence-electron chi connectivity index (χ2n) is 4.00. The molecule has 6 heteroatoms. The summed E-state index contributed by atoms with van der Waals surface area (Å²) in [6, 6.07) is 9.75. The normalized spacial score (nSPS) is 11.4. The summed E-state index contributed by atoms with van der Waals surface area (Å²) in [5.41, 5.74) is -1.05. The van der Waals surface area contributed by atoms with Gasteiger partial charge in [0, 0.05) is 19.2 Å². The molecule has 0 N–H and O–H groups in total. The lowest BCUT2D eigenvalue weighted by molar-refractivity contribution is -0.137. The summed E-state index contributed by atoms with van der Waals surface area (Å²) in [7, 11) is 0. The van der Waals surface area contributed by atoms with Crippen LogP contribution in [0.5, 0.6) is 0 Å². The van der Waals surface area contributed by atoms with Crippen LogP contribution in [0.15, 0.2) is 46.9 Å². The van der Waals surface area contributed by atoms with Gasteiger partial charge in [0.15, 0.2) is 5.78 Å². The number of benzene rings is 2. The SMILES string of the molecule is O=C(c1cc(I)ccc1Br)c1ccccc1C(F)(F)F. The van der Waals surface area contributed by atoms with Gasteiger partial charge < -0.3 is 0 Å². The Morgan fingerprint density at radius 2 is 1.70 bits per heavy atom. The molecule has 0 fully saturated rings. The van der Waals surface area contributed by atoms with Gasteiger partial charge in [-0.15, -0.1) is 0 Å². The zero-order chi connectivity index (χ0) is 14.9. The number of ketones is 1. The van der Waals surface area contributed by atoms with Gasteiger partial charge in [0.05, 0.1) is 5.56 Å². The minimum absolute atomic E-state index is 0.216. The average molecular weight is 455 g/mol. The Bertz CT molecular complexity index is 668. The molecule has 0 unspecified atom stereocenters. The fourth-order valence-electron chi connectivity index (χ4n) is 1.74. The Labute approximate surface area is 135 Å². The highest BCUT2D eigenvalue weighted by Crippen LogP contribution is 2.33. The Morgan fingerprint density at radius 3 is 2.35 bits per heavy atom. The van der Waals surface area contributed by atoms with E-state index in [-0.39, 0.29) is 11.1 Å². The molecule has 0 atom stereocenters. The first kappa shape index (κ1) is 15.5. The van der Waals surface area contributed by atoms with E-state index in [0.29, 0.717) is 4.47 Å². The van der Waals surface area contributed by atoms with Crippen molar-refractivity contribution in [2.24, 2.45) is 0 Å². The average Bonchev–Trinajstić information content (AvgIpc) is 2.40. The van der Waals surface area contributed by atoms with Crippen molar-refractivity contribution in [2.45, 2.75) is 6.18 Å². The van der Waals surface area contributed by atoms with E-state index in [0.717, 1.165) is 9.64 Å². The monoisotopic (exact) mass is 454 g/mol. The lowest BCUT2D eigenvalue weighted by atomic mass is 9.98. The van der Waals surface area contributed by atoms with Gasteiger partial charge in [-0.25, -0.2) is 0 Å². The summed E-state index contributed by atoms with van der Waals surface area (Å²) in [6.07, 6.45) is -4.55. The number of carbonyl (C=O) groups excluding carboxylic acids is 1. The molecule has 0 saturated carbocycles. The maximum absolute atomic E-state index is 12.9. The smallest absolute Gasteiger partial charge is 0.289 e. The van der Waals surface area contributed by atoms with E-state index < -0.39 is 17.5 Å². The van der Waals surface area contributed by atoms with E-state index >= 15 is 0 Å². The highest BCUT2D eigenvalue weighted by Gasteiger charge is 2.35. The zero-order valence-electron chi connectivity index (χ0n) is 9.84. The van der Waals surface area contributed by atoms with E-state index in [1.807, 2.05) is 22.6 Å². The summed E-state index contributed by atoms with van der Waals surface area (Å²) in [6.45, 7) is 0. The molecule has 0 saturated heterocycles. The quantitative estimate of drug-likeness (QED) is 0.444. The van der Waals surface area contributed by atoms with Crippen LogP contribution in [-0.4, -0.2) is 5.78 Å². The van der Waals surface area contributed by atoms with Crippen molar-refractivity contribution >= 4 is 44.3 Å². The molecule has 1 nitrogen and oxygen atoms in total. The van der Waals surface area contributed by atoms with Crippen LogP contribution in [0.1, 0.15) is 21.5 Å². The number of alkyl halides is 3. The van der Waals surface area contributed by atoms with E-state index in [4.69, 9.17) is 0 Å². The van der Waals surface area contributed by atoms with Crippen LogP contribution in [-0.2, 0) is 6.18 Å². The van der Waals surface area contributed by atoms with Crippen LogP contribution < -0.4 is 0 Å². The molecule has 0 radical (unpaired) electrons. The third-order valence-corrected chi connectivity index (χ3v) is 4.01. The van der Waals surface area contributed by atoms with Gasteiger partial charge in [-0.1, -0.05) is 34.1 Å². The Balaban J connectivity index is 2.57. The number of carbonyl (C=O) groups is 1. The molecule has 0 bridgehead atoms. The van der Waals surface area contributed by atoms with Crippen LogP contribution in [0, 0.1) is 3.57 Å². The Kier molecular flexibility index (Phi) is 4.53. The first-order chi connectivity index (χ1) is 9.30. The maximum Gasteiger partial charge on any atom is 0.417 e. The highest BCUT2D eigenvalue weighted by atomic mass is 127. The fraction of sp³-hybridized carbons (Fsp3) is 0.0714. The van der Waals surface area contributed by atoms with Gasteiger partial charge in [-0.2, -0.15) is 13.2 Å². The number of hydrogen-bond donors (Lipinski definition) is 0. The second kappa shape index (κ2) is 5.85. The van der Waals surface area contributed by atoms with E-state index in [1.165, 1.54) is 18.2 Å². The Morgan fingerprint density at radius 1 is 1.05 bits per heavy atom. The van der Waals surface area contributed by atoms with Crippen LogP contribution in [0.3, 0.4) is 0 Å². The first-order valence-corrected chi connectivity index (χ1v) is 7.34. The van der Waals surface area contributed by atoms with Gasteiger partial charge in [0.1, 0.15) is 0 Å². The fourth-order valence-corrected chi connectivity index (χ4v) is 2.66. The van der Waals surface area contributed by atoms with E-state index in [9.17, 15) is 18.0 Å². The van der Waals surface area contributed by atoms with E-state index in [1.54, 1.807) is 18.2 Å². The molecule has 0 heterocycles. The molecule has 2 aromatic carbocycles. The van der Waals surface area contributed by atoms with E-state index in [2.05, 4.69) is 15.9 Å². The molecule has 0 aliphatic carbocycles. The van der Waals surface area contributed by atoms with Gasteiger partial charge in [-0.05, 0) is 46.9 Å². The lowest BCUT2D eigenvalue weighted by Gasteiger charge is -2.12. The van der Waals surface area contributed by atoms with Crippen molar-refractivity contribution in [1.29, 1.82) is 0 Å². The van der Waals surface area contributed by atoms with Crippen molar-refractivity contribution in [2.75, 3.05) is 0 Å². The molecule has 0 aliphatic heterocycles. The third-order valence-electron chi connectivity index (χ3n) is 2.65. The summed E-state index contributed by atoms with van der Waals surface area (Å²) in [4.78, 5) is 12.4. The van der Waals surface area contributed by atoms with Crippen molar-refractivity contribution in [3.8, 4) is 0 Å². The van der Waals surface area contributed by atoms with Crippen LogP contribution in [0.25, 0.3) is 0 Å². The Hall–Kier alpha value is -0.890. The summed E-state index contributed by atoms with van der Waals surface area (Å²) < 4.78 is 40.1. The standard InChI is InChI=1S/C14H7BrF3IO/c15-12-6-5-8(19)7-10(12)13(20)9-3-1-2-4-11(9)14(16,17)18/h1-7H. The minimum Gasteiger partial charge on any atom is -0.289 e. The highest BCUT2D eigenvalue weighted by molar-refractivity contribution is 14.1. The van der Waals surface area contributed by atoms with Crippen LogP contribution >= 0.6 is 38.5 Å². The second-order valence-corrected chi connectivity index (χ2v) is 6.10. The molecule has 0 spiro atoms. The predicted octanol–water partition coefficient (Wildman–Crippen LogP) is 5.30. The number of halogens is 5. The lowest BCUT2D eigenvalue weighted by Crippen LogP contribution is -2.14. The van der Waals surface area contributed by atoms with Gasteiger partial charge in [0.2, 0.25) is 0 Å². The van der Waals surface area contributed by atoms with Crippen molar-refractivity contribution < 1.29 is 18.0 Å². The van der Waals surface area contributed by atoms with Crippen LogP contribution in [0.2, 0.25) is 0 Å². The zero-order valence-corrected chi connectivity index (χ0v) is 13.6. The van der Waals surface area contributed by atoms with Gasteiger partial charge in [-0.3, -0.25) is 4.79 Å². The molecule has 0 amide bonds. The molecule has 0 aromatic heterocycles. The summed E-state index contributed by atoms with van der Waals surface area (Å²) in [5.74, 6) is -0.650. The molecule has 104 valence electrons. The maximum atomic E-state index is 12.9. The number of hydrogen-bond acceptors (Lipinski definition) is 1. The number of rotatable bonds is 2. The molecule has 2 aromatic rings. The molecule has 0 aliphatic rings. The van der Waals surface area contributed by atoms with Gasteiger partial charge >= 0.3 is 6.18 Å². The van der Waals surface area contributed by atoms with Crippen molar-refractivity contribution in [1.82, 2.24) is 0 Å². The summed E-state index contributed by atoms with van der Waals surface area (Å²) in [5, 5.41) is 0. The molecule has 20 heavy (non-hydrogen) atoms. The first-order valence-electron chi connectivity index (χ1n) is 5.46. The minimum atomic E-state index is -4.55. The van der Waals surface area contributed by atoms with Crippen molar-refractivity contribution in [3.05, 3.63) is 67.2 Å². The van der Waals surface area contributed by atoms with Crippen LogP contribution in [0.4, 0.5) is 13.2 Å².